The molecule has 1 aromatic carbocycles. The molecule has 0 radical (unpaired) electrons. The Labute approximate surface area is 179 Å². The zero-order chi connectivity index (χ0) is 20.8. The zero-order valence-electron chi connectivity index (χ0n) is 16.2. The van der Waals surface area contributed by atoms with Gasteiger partial charge in [0.2, 0.25) is 0 Å². The van der Waals surface area contributed by atoms with E-state index in [0.29, 0.717) is 36.0 Å². The van der Waals surface area contributed by atoms with E-state index in [9.17, 15) is 9.59 Å². The maximum Gasteiger partial charge on any atom is 0.318 e. The van der Waals surface area contributed by atoms with Crippen molar-refractivity contribution >= 4 is 35.2 Å². The Morgan fingerprint density at radius 2 is 2.14 bits per heavy atom. The van der Waals surface area contributed by atoms with Gasteiger partial charge in [-0.3, -0.25) is 4.79 Å². The van der Waals surface area contributed by atoms with Crippen molar-refractivity contribution in [2.24, 2.45) is 0 Å². The topological polar surface area (TPSA) is 87.3 Å². The van der Waals surface area contributed by atoms with E-state index in [1.165, 1.54) is 7.11 Å². The van der Waals surface area contributed by atoms with Crippen molar-refractivity contribution in [2.45, 2.75) is 38.1 Å². The smallest absolute Gasteiger partial charge is 0.318 e. The van der Waals surface area contributed by atoms with Gasteiger partial charge in [-0.25, -0.2) is 9.78 Å². The summed E-state index contributed by atoms with van der Waals surface area (Å²) in [7, 11) is 1.38. The monoisotopic (exact) mass is 438 g/mol. The highest BCUT2D eigenvalue weighted by molar-refractivity contribution is 6.42. The number of esters is 1. The number of carbonyl (C=O) groups excluding carboxylic acids is 2. The summed E-state index contributed by atoms with van der Waals surface area (Å²) in [5, 5.41) is 3.84. The molecule has 156 valence electrons. The number of H-pyrrole nitrogens is 1. The quantitative estimate of drug-likeness (QED) is 0.502. The van der Waals surface area contributed by atoms with Crippen molar-refractivity contribution < 1.29 is 14.3 Å². The van der Waals surface area contributed by atoms with Gasteiger partial charge in [0.1, 0.15) is 6.04 Å². The second kappa shape index (κ2) is 9.98. The molecule has 2 N–H and O–H groups in total. The first-order valence-corrected chi connectivity index (χ1v) is 10.4. The molecule has 0 saturated carbocycles. The lowest BCUT2D eigenvalue weighted by Crippen LogP contribution is -2.46. The molecule has 0 saturated heterocycles. The summed E-state index contributed by atoms with van der Waals surface area (Å²) < 4.78 is 4.62. The van der Waals surface area contributed by atoms with Crippen LogP contribution in [0.15, 0.2) is 24.5 Å². The van der Waals surface area contributed by atoms with E-state index < -0.39 is 6.04 Å². The molecule has 29 heavy (non-hydrogen) atoms. The van der Waals surface area contributed by atoms with Gasteiger partial charge in [-0.2, -0.15) is 0 Å². The Morgan fingerprint density at radius 3 is 2.93 bits per heavy atom. The minimum absolute atomic E-state index is 0.173. The number of ether oxygens (including phenoxy) is 1. The van der Waals surface area contributed by atoms with Crippen LogP contribution in [0.2, 0.25) is 10.0 Å². The fourth-order valence-electron chi connectivity index (χ4n) is 3.51. The molecule has 2 heterocycles. The third-order valence-electron chi connectivity index (χ3n) is 5.02. The number of imidazole rings is 1. The second-order valence-corrected chi connectivity index (χ2v) is 7.66. The average molecular weight is 439 g/mol. The lowest BCUT2D eigenvalue weighted by atomic mass is 9.96. The predicted octanol–water partition coefficient (Wildman–Crippen LogP) is 4.11. The first-order valence-electron chi connectivity index (χ1n) is 9.60. The second-order valence-electron chi connectivity index (χ2n) is 6.87. The van der Waals surface area contributed by atoms with Crippen molar-refractivity contribution in [3.8, 4) is 0 Å². The number of benzene rings is 1. The van der Waals surface area contributed by atoms with Crippen LogP contribution in [0.3, 0.4) is 0 Å². The first-order chi connectivity index (χ1) is 14.0. The Kier molecular flexibility index (Phi) is 7.39. The lowest BCUT2D eigenvalue weighted by Gasteiger charge is -2.35. The summed E-state index contributed by atoms with van der Waals surface area (Å²) in [6.45, 7) is 1.07. The molecular weight excluding hydrogens is 415 g/mol. The molecule has 1 aliphatic heterocycles. The van der Waals surface area contributed by atoms with E-state index in [0.717, 1.165) is 36.2 Å². The summed E-state index contributed by atoms with van der Waals surface area (Å²) in [5.41, 5.74) is 2.53. The number of halogens is 2. The highest BCUT2D eigenvalue weighted by Crippen LogP contribution is 2.39. The zero-order valence-corrected chi connectivity index (χ0v) is 17.7. The fraction of sp³-hybridized carbons (Fsp3) is 0.450. The number of nitrogens with one attached hydrogen (secondary N) is 2. The van der Waals surface area contributed by atoms with Gasteiger partial charge in [0.15, 0.2) is 0 Å². The van der Waals surface area contributed by atoms with Crippen LogP contribution in [-0.2, 0) is 16.0 Å². The van der Waals surface area contributed by atoms with Crippen molar-refractivity contribution in [1.82, 2.24) is 20.2 Å². The van der Waals surface area contributed by atoms with E-state index in [1.807, 2.05) is 12.1 Å². The molecule has 2 amide bonds. The molecule has 0 aliphatic carbocycles. The average Bonchev–Trinajstić information content (AvgIpc) is 3.20. The largest absolute Gasteiger partial charge is 0.469 e. The van der Waals surface area contributed by atoms with Crippen molar-refractivity contribution in [2.75, 3.05) is 20.2 Å². The van der Waals surface area contributed by atoms with E-state index in [1.54, 1.807) is 17.3 Å². The Balaban J connectivity index is 1.66. The van der Waals surface area contributed by atoms with Crippen LogP contribution in [0, 0.1) is 0 Å². The van der Waals surface area contributed by atoms with Gasteiger partial charge >= 0.3 is 12.0 Å². The standard InChI is InChI=1S/C20H24Cl2N4O3/c1-29-16(27)8-3-2-4-10-23-20(28)26-11-9-15-18(25-12-24-15)19(26)13-6-5-7-14(21)17(13)22/h5-7,12,19H,2-4,8-11H2,1H3,(H,23,28)(H,24,25). The molecule has 0 bridgehead atoms. The molecule has 0 fully saturated rings. The minimum Gasteiger partial charge on any atom is -0.469 e. The van der Waals surface area contributed by atoms with Gasteiger partial charge in [-0.15, -0.1) is 0 Å². The van der Waals surface area contributed by atoms with Gasteiger partial charge in [0.05, 0.1) is 29.2 Å². The molecule has 2 aromatic rings. The molecular formula is C20H24Cl2N4O3. The van der Waals surface area contributed by atoms with Crippen molar-refractivity contribution in [3.63, 3.8) is 0 Å². The van der Waals surface area contributed by atoms with Crippen molar-refractivity contribution in [3.05, 3.63) is 51.5 Å². The van der Waals surface area contributed by atoms with Crippen LogP contribution < -0.4 is 5.32 Å². The van der Waals surface area contributed by atoms with E-state index in [4.69, 9.17) is 23.2 Å². The molecule has 0 spiro atoms. The van der Waals surface area contributed by atoms with Gasteiger partial charge in [0.25, 0.3) is 0 Å². The van der Waals surface area contributed by atoms with Crippen LogP contribution in [0.1, 0.15) is 48.7 Å². The minimum atomic E-state index is -0.407. The molecule has 9 heteroatoms. The SMILES string of the molecule is COC(=O)CCCCCNC(=O)N1CCc2[nH]cnc2C1c1cccc(Cl)c1Cl. The van der Waals surface area contributed by atoms with E-state index in [-0.39, 0.29) is 12.0 Å². The third-order valence-corrected chi connectivity index (χ3v) is 5.86. The molecule has 1 atom stereocenters. The first kappa shape index (κ1) is 21.5. The normalized spacial score (nSPS) is 15.7. The number of urea groups is 1. The van der Waals surface area contributed by atoms with Gasteiger partial charge < -0.3 is 19.9 Å². The van der Waals surface area contributed by atoms with E-state index >= 15 is 0 Å². The molecule has 1 unspecified atom stereocenters. The van der Waals surface area contributed by atoms with Crippen molar-refractivity contribution in [1.29, 1.82) is 0 Å². The van der Waals surface area contributed by atoms with Crippen LogP contribution in [0.4, 0.5) is 4.79 Å². The Hall–Kier alpha value is -2.25. The number of aromatic amines is 1. The summed E-state index contributed by atoms with van der Waals surface area (Å²) in [5.74, 6) is -0.210. The summed E-state index contributed by atoms with van der Waals surface area (Å²) in [4.78, 5) is 33.4. The highest BCUT2D eigenvalue weighted by Gasteiger charge is 2.35. The summed E-state index contributed by atoms with van der Waals surface area (Å²) in [6.07, 6.45) is 5.09. The number of aromatic nitrogens is 2. The number of methoxy groups -OCH3 is 1. The number of fused-ring (bicyclic) bond motifs is 1. The lowest BCUT2D eigenvalue weighted by molar-refractivity contribution is -0.140. The highest BCUT2D eigenvalue weighted by atomic mass is 35.5. The van der Waals surface area contributed by atoms with Crippen LogP contribution >= 0.6 is 23.2 Å². The number of unbranched alkanes of at least 4 members (excludes halogenated alkanes) is 2. The number of rotatable bonds is 7. The Bertz CT molecular complexity index is 871. The summed E-state index contributed by atoms with van der Waals surface area (Å²) >= 11 is 12.7. The van der Waals surface area contributed by atoms with Crippen LogP contribution in [0.25, 0.3) is 0 Å². The predicted molar refractivity (Wildman–Crippen MR) is 111 cm³/mol. The maximum absolute atomic E-state index is 12.9. The van der Waals surface area contributed by atoms with Gasteiger partial charge in [-0.05, 0) is 18.9 Å². The molecule has 7 nitrogen and oxygen atoms in total. The Morgan fingerprint density at radius 1 is 1.31 bits per heavy atom. The molecule has 1 aromatic heterocycles. The maximum atomic E-state index is 12.9. The number of nitrogens with zero attached hydrogens (tertiary/aromatic N) is 2. The number of carbonyl (C=O) groups is 2. The van der Waals surface area contributed by atoms with Gasteiger partial charge in [0, 0.05) is 37.2 Å². The third kappa shape index (κ3) is 5.03. The summed E-state index contributed by atoms with van der Waals surface area (Å²) in [6, 6.07) is 4.83. The van der Waals surface area contributed by atoms with Crippen LogP contribution in [0.5, 0.6) is 0 Å². The number of hydrogen-bond donors (Lipinski definition) is 2. The van der Waals surface area contributed by atoms with Crippen LogP contribution in [-0.4, -0.2) is 47.1 Å². The number of hydrogen-bond acceptors (Lipinski definition) is 4. The van der Waals surface area contributed by atoms with Gasteiger partial charge in [-0.1, -0.05) is 41.8 Å². The fourth-order valence-corrected chi connectivity index (χ4v) is 3.92. The number of amides is 2. The van der Waals surface area contributed by atoms with E-state index in [2.05, 4.69) is 20.0 Å². The molecule has 3 rings (SSSR count). The molecule has 1 aliphatic rings.